The Balaban J connectivity index is 2.75. The molecule has 2 amide bonds. The second kappa shape index (κ2) is 13.7. The number of hydrogen-bond donors (Lipinski definition) is 0. The van der Waals surface area contributed by atoms with Gasteiger partial charge in [0.15, 0.2) is 11.5 Å². The predicted molar refractivity (Wildman–Crippen MR) is 139 cm³/mol. The molecular weight excluding hydrogens is 525 g/mol. The van der Waals surface area contributed by atoms with Crippen molar-refractivity contribution in [2.24, 2.45) is 0 Å². The molecule has 1 aromatic carbocycles. The van der Waals surface area contributed by atoms with E-state index in [1.165, 1.54) is 41.5 Å². The second-order valence-corrected chi connectivity index (χ2v) is 8.59. The molecule has 0 aliphatic carbocycles. The van der Waals surface area contributed by atoms with Crippen LogP contribution in [-0.2, 0) is 16.1 Å². The first-order valence-electron chi connectivity index (χ1n) is 11.7. The van der Waals surface area contributed by atoms with Gasteiger partial charge in [0, 0.05) is 38.2 Å². The monoisotopic (exact) mass is 554 g/mol. The Morgan fingerprint density at radius 2 is 1.87 bits per heavy atom. The number of halogens is 4. The molecule has 38 heavy (non-hydrogen) atoms. The van der Waals surface area contributed by atoms with Crippen LogP contribution >= 0.6 is 11.6 Å². The van der Waals surface area contributed by atoms with Gasteiger partial charge in [-0.15, -0.1) is 19.8 Å². The summed E-state index contributed by atoms with van der Waals surface area (Å²) in [6.07, 6.45) is 0.112. The Morgan fingerprint density at radius 1 is 1.21 bits per heavy atom. The highest BCUT2D eigenvalue weighted by Gasteiger charge is 2.32. The summed E-state index contributed by atoms with van der Waals surface area (Å²) >= 11 is 6.01. The first-order valence-corrected chi connectivity index (χ1v) is 12.1. The zero-order valence-corrected chi connectivity index (χ0v) is 22.3. The molecule has 12 heteroatoms. The van der Waals surface area contributed by atoms with Crippen LogP contribution in [-0.4, -0.2) is 53.8 Å². The van der Waals surface area contributed by atoms with E-state index in [1.807, 2.05) is 0 Å². The van der Waals surface area contributed by atoms with Crippen molar-refractivity contribution in [2.45, 2.75) is 39.6 Å². The highest BCUT2D eigenvalue weighted by Crippen LogP contribution is 2.30. The maximum Gasteiger partial charge on any atom is 0.572 e. The van der Waals surface area contributed by atoms with Crippen LogP contribution in [0.1, 0.15) is 42.7 Å². The van der Waals surface area contributed by atoms with Crippen molar-refractivity contribution in [3.63, 3.8) is 0 Å². The molecule has 0 aliphatic rings. The van der Waals surface area contributed by atoms with Crippen molar-refractivity contribution in [3.8, 4) is 6.01 Å². The summed E-state index contributed by atoms with van der Waals surface area (Å²) in [5, 5.41) is 0.509. The molecule has 2 rings (SSSR count). The number of anilines is 1. The molecule has 1 aromatic heterocycles. The number of rotatable bonds is 13. The van der Waals surface area contributed by atoms with Crippen LogP contribution < -0.4 is 9.64 Å². The third-order valence-electron chi connectivity index (χ3n) is 5.01. The van der Waals surface area contributed by atoms with Gasteiger partial charge in [-0.1, -0.05) is 43.7 Å². The van der Waals surface area contributed by atoms with E-state index in [2.05, 4.69) is 16.3 Å². The maximum absolute atomic E-state index is 13.3. The van der Waals surface area contributed by atoms with Crippen LogP contribution in [0.3, 0.4) is 0 Å². The van der Waals surface area contributed by atoms with E-state index in [-0.39, 0.29) is 48.6 Å². The molecule has 8 nitrogen and oxygen atoms in total. The Kier molecular flexibility index (Phi) is 11.0. The quantitative estimate of drug-likeness (QED) is 0.133. The van der Waals surface area contributed by atoms with E-state index in [4.69, 9.17) is 16.3 Å². The summed E-state index contributed by atoms with van der Waals surface area (Å²) in [5.41, 5.74) is 0.763. The van der Waals surface area contributed by atoms with Gasteiger partial charge in [0.05, 0.1) is 6.54 Å². The number of hydrogen-bond acceptors (Lipinski definition) is 5. The fraction of sp³-hybridized carbons (Fsp3) is 0.346. The molecule has 0 fully saturated rings. The number of carbonyl (C=O) groups excluding carboxylic acids is 2. The van der Waals surface area contributed by atoms with Crippen LogP contribution in [0.25, 0.3) is 0 Å². The third kappa shape index (κ3) is 8.41. The van der Waals surface area contributed by atoms with Gasteiger partial charge in [-0.3, -0.25) is 19.1 Å². The highest BCUT2D eigenvalue weighted by atomic mass is 35.5. The van der Waals surface area contributed by atoms with E-state index < -0.39 is 12.3 Å². The Hall–Kier alpha value is -3.73. The second-order valence-electron chi connectivity index (χ2n) is 8.15. The molecule has 0 bridgehead atoms. The molecule has 0 aliphatic heterocycles. The molecule has 0 saturated carbocycles. The lowest BCUT2D eigenvalue weighted by molar-refractivity contribution is -0.306. The number of alkyl halides is 3. The molecule has 0 spiro atoms. The van der Waals surface area contributed by atoms with Gasteiger partial charge < -0.3 is 14.4 Å². The molecule has 0 N–H and O–H groups in total. The van der Waals surface area contributed by atoms with Gasteiger partial charge in [0.1, 0.15) is 11.5 Å². The minimum absolute atomic E-state index is 0.00430. The Labute approximate surface area is 224 Å². The lowest BCUT2D eigenvalue weighted by atomic mass is 10.2. The lowest BCUT2D eigenvalue weighted by Crippen LogP contribution is -2.29. The van der Waals surface area contributed by atoms with Gasteiger partial charge in [-0.25, -0.2) is 0 Å². The van der Waals surface area contributed by atoms with Gasteiger partial charge in [-0.2, -0.15) is 4.98 Å². The normalized spacial score (nSPS) is 12.2. The fourth-order valence-electron chi connectivity index (χ4n) is 3.31. The van der Waals surface area contributed by atoms with Crippen LogP contribution in [0.5, 0.6) is 6.01 Å². The number of benzene rings is 1. The summed E-state index contributed by atoms with van der Waals surface area (Å²) < 4.78 is 50.1. The highest BCUT2D eigenvalue weighted by molar-refractivity contribution is 6.30. The maximum atomic E-state index is 13.3. The summed E-state index contributed by atoms with van der Waals surface area (Å²) in [6.45, 7) is 7.05. The number of amides is 2. The average Bonchev–Trinajstić information content (AvgIpc) is 3.19. The van der Waals surface area contributed by atoms with E-state index in [0.29, 0.717) is 17.9 Å². The largest absolute Gasteiger partial charge is 0.572 e. The van der Waals surface area contributed by atoms with E-state index in [9.17, 15) is 22.8 Å². The average molecular weight is 555 g/mol. The van der Waals surface area contributed by atoms with Gasteiger partial charge in [-0.05, 0) is 30.2 Å². The third-order valence-corrected chi connectivity index (χ3v) is 5.27. The van der Waals surface area contributed by atoms with Crippen molar-refractivity contribution in [3.05, 3.63) is 76.9 Å². The zero-order valence-electron chi connectivity index (χ0n) is 21.6. The minimum atomic E-state index is -4.88. The number of imidazole rings is 1. The molecule has 0 radical (unpaired) electrons. The van der Waals surface area contributed by atoms with E-state index in [0.717, 1.165) is 11.6 Å². The molecule has 0 saturated heterocycles. The zero-order chi connectivity index (χ0) is 28.5. The smallest absolute Gasteiger partial charge is 0.426 e. The first kappa shape index (κ1) is 30.5. The van der Waals surface area contributed by atoms with Crippen LogP contribution in [0.15, 0.2) is 60.6 Å². The standard InChI is InChI=1S/C26H30ClF3N4O4/c1-6-9-21(15-20(8-3)38-26(28,29)30)37-25-31-23(33(17-35)14-7-2)22(24(36)32(4)5)34(25)16-18-10-12-19(27)13-11-18/h7,9-13,15,17H,2,6,8,14,16H2,1,3-5H3/b20-15+,21-9+. The molecule has 0 atom stereocenters. The van der Waals surface area contributed by atoms with Gasteiger partial charge in [0.2, 0.25) is 6.41 Å². The summed E-state index contributed by atoms with van der Waals surface area (Å²) in [4.78, 5) is 32.1. The Bertz CT molecular complexity index is 1190. The van der Waals surface area contributed by atoms with Crippen molar-refractivity contribution >= 4 is 29.7 Å². The summed E-state index contributed by atoms with van der Waals surface area (Å²) in [7, 11) is 3.08. The van der Waals surface area contributed by atoms with E-state index >= 15 is 0 Å². The molecular formula is C26H30ClF3N4O4. The van der Waals surface area contributed by atoms with E-state index in [1.54, 1.807) is 37.3 Å². The van der Waals surface area contributed by atoms with Crippen molar-refractivity contribution in [2.75, 3.05) is 25.5 Å². The van der Waals surface area contributed by atoms with Crippen molar-refractivity contribution in [1.29, 1.82) is 0 Å². The van der Waals surface area contributed by atoms with Crippen LogP contribution in [0.2, 0.25) is 5.02 Å². The summed E-state index contributed by atoms with van der Waals surface area (Å²) in [5.74, 6) is -0.824. The molecule has 0 unspecified atom stereocenters. The SMILES string of the molecule is C=CCN(C=O)c1nc(OC(=C/CC)/C=C(\CC)OC(F)(F)F)n(Cc2ccc(Cl)cc2)c1C(=O)N(C)C. The summed E-state index contributed by atoms with van der Waals surface area (Å²) in [6, 6.07) is 6.71. The number of allylic oxidation sites excluding steroid dienone is 3. The predicted octanol–water partition coefficient (Wildman–Crippen LogP) is 5.94. The fourth-order valence-corrected chi connectivity index (χ4v) is 3.43. The van der Waals surface area contributed by atoms with Crippen LogP contribution in [0.4, 0.5) is 19.0 Å². The number of carbonyl (C=O) groups is 2. The van der Waals surface area contributed by atoms with Gasteiger partial charge >= 0.3 is 12.4 Å². The van der Waals surface area contributed by atoms with Crippen molar-refractivity contribution < 1.29 is 32.2 Å². The van der Waals surface area contributed by atoms with Gasteiger partial charge in [0.25, 0.3) is 5.91 Å². The molecule has 1 heterocycles. The van der Waals surface area contributed by atoms with Crippen molar-refractivity contribution in [1.82, 2.24) is 14.5 Å². The topological polar surface area (TPSA) is 76.9 Å². The minimum Gasteiger partial charge on any atom is -0.426 e. The number of aromatic nitrogens is 2. The molecule has 206 valence electrons. The number of ether oxygens (including phenoxy) is 2. The first-order chi connectivity index (χ1) is 17.9. The lowest BCUT2D eigenvalue weighted by Gasteiger charge is -2.18. The Morgan fingerprint density at radius 3 is 2.37 bits per heavy atom. The number of nitrogens with zero attached hydrogens (tertiary/aromatic N) is 4. The molecule has 2 aromatic rings. The van der Waals surface area contributed by atoms with Crippen LogP contribution in [0, 0.1) is 0 Å².